The fraction of sp³-hybridized carbons (Fsp3) is 0.727. The molecule has 0 aromatic heterocycles. The molecule has 0 spiro atoms. The zero-order valence-corrected chi connectivity index (χ0v) is 9.19. The number of nitrogens with zero attached hydrogens (tertiary/aromatic N) is 3. The SMILES string of the molecule is N#CCCCN1CC(=O)N2CCCC2C1=O. The van der Waals surface area contributed by atoms with Gasteiger partial charge < -0.3 is 9.80 Å². The first-order valence-electron chi connectivity index (χ1n) is 5.69. The number of amides is 2. The molecule has 2 amide bonds. The average molecular weight is 221 g/mol. The Morgan fingerprint density at radius 2 is 2.25 bits per heavy atom. The molecule has 1 unspecified atom stereocenters. The summed E-state index contributed by atoms with van der Waals surface area (Å²) in [4.78, 5) is 27.0. The van der Waals surface area contributed by atoms with Gasteiger partial charge in [-0.1, -0.05) is 0 Å². The molecule has 0 aliphatic carbocycles. The van der Waals surface area contributed by atoms with E-state index in [-0.39, 0.29) is 24.4 Å². The molecule has 0 aromatic carbocycles. The van der Waals surface area contributed by atoms with Gasteiger partial charge >= 0.3 is 0 Å². The number of unbranched alkanes of at least 4 members (excludes halogenated alkanes) is 1. The van der Waals surface area contributed by atoms with Crippen molar-refractivity contribution in [2.24, 2.45) is 0 Å². The summed E-state index contributed by atoms with van der Waals surface area (Å²) >= 11 is 0. The standard InChI is InChI=1S/C11H15N3O2/c12-5-1-2-6-13-8-10(15)14-7-3-4-9(14)11(13)16/h9H,1-4,6-8H2. The molecule has 0 saturated carbocycles. The molecule has 2 saturated heterocycles. The minimum Gasteiger partial charge on any atom is -0.332 e. The Bertz CT molecular complexity index is 348. The summed E-state index contributed by atoms with van der Waals surface area (Å²) in [5, 5.41) is 8.44. The van der Waals surface area contributed by atoms with Crippen molar-refractivity contribution in [1.29, 1.82) is 5.26 Å². The van der Waals surface area contributed by atoms with Crippen LogP contribution in [0.2, 0.25) is 0 Å². The Hall–Kier alpha value is -1.57. The summed E-state index contributed by atoms with van der Waals surface area (Å²) in [6, 6.07) is 1.83. The van der Waals surface area contributed by atoms with E-state index in [1.807, 2.05) is 6.07 Å². The second-order valence-electron chi connectivity index (χ2n) is 4.27. The maximum absolute atomic E-state index is 12.0. The number of nitriles is 1. The van der Waals surface area contributed by atoms with Crippen molar-refractivity contribution in [3.05, 3.63) is 0 Å². The smallest absolute Gasteiger partial charge is 0.245 e. The molecule has 2 aliphatic rings. The lowest BCUT2D eigenvalue weighted by molar-refractivity contribution is -0.153. The summed E-state index contributed by atoms with van der Waals surface area (Å²) in [6.45, 7) is 1.45. The van der Waals surface area contributed by atoms with Crippen LogP contribution in [0.15, 0.2) is 0 Å². The van der Waals surface area contributed by atoms with E-state index in [0.29, 0.717) is 19.4 Å². The second kappa shape index (κ2) is 4.52. The molecule has 0 radical (unpaired) electrons. The van der Waals surface area contributed by atoms with Crippen molar-refractivity contribution in [2.45, 2.75) is 31.7 Å². The van der Waals surface area contributed by atoms with Crippen molar-refractivity contribution in [3.8, 4) is 6.07 Å². The van der Waals surface area contributed by atoms with Gasteiger partial charge in [0.15, 0.2) is 0 Å². The van der Waals surface area contributed by atoms with Crippen LogP contribution in [0.4, 0.5) is 0 Å². The Labute approximate surface area is 94.6 Å². The Morgan fingerprint density at radius 1 is 1.44 bits per heavy atom. The molecule has 16 heavy (non-hydrogen) atoms. The number of carbonyl (C=O) groups excluding carboxylic acids is 2. The molecule has 2 aliphatic heterocycles. The molecule has 2 rings (SSSR count). The van der Waals surface area contributed by atoms with Crippen molar-refractivity contribution >= 4 is 11.8 Å². The average Bonchev–Trinajstić information content (AvgIpc) is 2.75. The molecule has 5 heteroatoms. The highest BCUT2D eigenvalue weighted by Crippen LogP contribution is 2.23. The number of fused-ring (bicyclic) bond motifs is 1. The third-order valence-corrected chi connectivity index (χ3v) is 3.21. The van der Waals surface area contributed by atoms with Gasteiger partial charge in [0.1, 0.15) is 6.04 Å². The third-order valence-electron chi connectivity index (χ3n) is 3.21. The highest BCUT2D eigenvalue weighted by atomic mass is 16.2. The van der Waals surface area contributed by atoms with Gasteiger partial charge in [-0.05, 0) is 19.3 Å². The van der Waals surface area contributed by atoms with Gasteiger partial charge in [0.25, 0.3) is 0 Å². The van der Waals surface area contributed by atoms with E-state index in [9.17, 15) is 9.59 Å². The second-order valence-corrected chi connectivity index (χ2v) is 4.27. The monoisotopic (exact) mass is 221 g/mol. The van der Waals surface area contributed by atoms with Crippen LogP contribution in [0.1, 0.15) is 25.7 Å². The van der Waals surface area contributed by atoms with E-state index in [4.69, 9.17) is 5.26 Å². The van der Waals surface area contributed by atoms with Crippen molar-refractivity contribution in [3.63, 3.8) is 0 Å². The summed E-state index contributed by atoms with van der Waals surface area (Å²) in [7, 11) is 0. The summed E-state index contributed by atoms with van der Waals surface area (Å²) < 4.78 is 0. The van der Waals surface area contributed by atoms with Crippen molar-refractivity contribution < 1.29 is 9.59 Å². The first-order valence-corrected chi connectivity index (χ1v) is 5.69. The van der Waals surface area contributed by atoms with Crippen LogP contribution >= 0.6 is 0 Å². The zero-order chi connectivity index (χ0) is 11.5. The summed E-state index contributed by atoms with van der Waals surface area (Å²) in [6.07, 6.45) is 2.81. The Morgan fingerprint density at radius 3 is 3.00 bits per heavy atom. The van der Waals surface area contributed by atoms with Crippen LogP contribution in [0.25, 0.3) is 0 Å². The van der Waals surface area contributed by atoms with E-state index in [1.54, 1.807) is 9.80 Å². The highest BCUT2D eigenvalue weighted by molar-refractivity contribution is 5.95. The van der Waals surface area contributed by atoms with Gasteiger partial charge in [-0.3, -0.25) is 9.59 Å². The van der Waals surface area contributed by atoms with Crippen LogP contribution in [-0.2, 0) is 9.59 Å². The number of hydrogen-bond donors (Lipinski definition) is 0. The first-order chi connectivity index (χ1) is 7.74. The maximum Gasteiger partial charge on any atom is 0.245 e. The predicted octanol–water partition coefficient (Wildman–Crippen LogP) is 0.123. The fourth-order valence-corrected chi connectivity index (χ4v) is 2.40. The van der Waals surface area contributed by atoms with Crippen LogP contribution in [0.3, 0.4) is 0 Å². The Balaban J connectivity index is 1.98. The first kappa shape index (κ1) is 10.9. The fourth-order valence-electron chi connectivity index (χ4n) is 2.40. The zero-order valence-electron chi connectivity index (χ0n) is 9.19. The van der Waals surface area contributed by atoms with Gasteiger partial charge in [-0.2, -0.15) is 5.26 Å². The minimum atomic E-state index is -0.219. The van der Waals surface area contributed by atoms with Crippen LogP contribution < -0.4 is 0 Å². The molecule has 5 nitrogen and oxygen atoms in total. The normalized spacial score (nSPS) is 24.6. The van der Waals surface area contributed by atoms with Gasteiger partial charge in [0.2, 0.25) is 11.8 Å². The molecule has 2 fully saturated rings. The molecule has 0 bridgehead atoms. The number of rotatable bonds is 3. The Kier molecular flexibility index (Phi) is 3.09. The molecule has 1 atom stereocenters. The third kappa shape index (κ3) is 1.87. The van der Waals surface area contributed by atoms with Gasteiger partial charge in [-0.25, -0.2) is 0 Å². The van der Waals surface area contributed by atoms with E-state index < -0.39 is 0 Å². The van der Waals surface area contributed by atoms with E-state index in [2.05, 4.69) is 0 Å². The lowest BCUT2D eigenvalue weighted by atomic mass is 10.1. The summed E-state index contributed by atoms with van der Waals surface area (Å²) in [5.74, 6) is 0.120. The molecule has 2 heterocycles. The molecular weight excluding hydrogens is 206 g/mol. The van der Waals surface area contributed by atoms with Crippen LogP contribution in [0, 0.1) is 11.3 Å². The van der Waals surface area contributed by atoms with Gasteiger partial charge in [0, 0.05) is 19.5 Å². The predicted molar refractivity (Wildman–Crippen MR) is 56.2 cm³/mol. The summed E-state index contributed by atoms with van der Waals surface area (Å²) in [5.41, 5.74) is 0. The van der Waals surface area contributed by atoms with E-state index in [0.717, 1.165) is 19.4 Å². The lowest BCUT2D eigenvalue weighted by Gasteiger charge is -2.36. The molecule has 86 valence electrons. The van der Waals surface area contributed by atoms with E-state index >= 15 is 0 Å². The van der Waals surface area contributed by atoms with Crippen LogP contribution in [0.5, 0.6) is 0 Å². The quantitative estimate of drug-likeness (QED) is 0.636. The molecule has 0 N–H and O–H groups in total. The number of carbonyl (C=O) groups is 2. The van der Waals surface area contributed by atoms with Gasteiger partial charge in [-0.15, -0.1) is 0 Å². The lowest BCUT2D eigenvalue weighted by Crippen LogP contribution is -2.57. The topological polar surface area (TPSA) is 64.4 Å². The minimum absolute atomic E-state index is 0.0547. The number of piperazine rings is 1. The number of hydrogen-bond acceptors (Lipinski definition) is 3. The van der Waals surface area contributed by atoms with Crippen LogP contribution in [-0.4, -0.2) is 47.3 Å². The van der Waals surface area contributed by atoms with Crippen molar-refractivity contribution in [1.82, 2.24) is 9.80 Å². The largest absolute Gasteiger partial charge is 0.332 e. The van der Waals surface area contributed by atoms with E-state index in [1.165, 1.54) is 0 Å². The van der Waals surface area contributed by atoms with Gasteiger partial charge in [0.05, 0.1) is 12.6 Å². The van der Waals surface area contributed by atoms with Crippen molar-refractivity contribution in [2.75, 3.05) is 19.6 Å². The molecular formula is C11H15N3O2. The molecule has 0 aromatic rings. The maximum atomic E-state index is 12.0. The highest BCUT2D eigenvalue weighted by Gasteiger charge is 2.41.